The third kappa shape index (κ3) is 5.19. The number of nitrogens with zero attached hydrogens (tertiary/aromatic N) is 4. The molecule has 1 aromatic heterocycles. The second kappa shape index (κ2) is 10.7. The van der Waals surface area contributed by atoms with Crippen molar-refractivity contribution in [3.8, 4) is 5.75 Å². The first-order chi connectivity index (χ1) is 17.6. The Kier molecular flexibility index (Phi) is 7.58. The highest BCUT2D eigenvalue weighted by Gasteiger charge is 2.44. The van der Waals surface area contributed by atoms with Gasteiger partial charge in [-0.25, -0.2) is 9.37 Å². The molecule has 3 unspecified atom stereocenters. The number of aromatic hydroxyl groups is 1. The number of rotatable bonds is 6. The molecule has 1 aliphatic carbocycles. The number of benzene rings is 1. The highest BCUT2D eigenvalue weighted by molar-refractivity contribution is 6.34. The van der Waals surface area contributed by atoms with Crippen molar-refractivity contribution in [3.05, 3.63) is 57.5 Å². The number of carbonyl (C=O) groups excluding carboxylic acids is 3. The van der Waals surface area contributed by atoms with Gasteiger partial charge in [-0.3, -0.25) is 23.7 Å². The predicted molar refractivity (Wildman–Crippen MR) is 129 cm³/mol. The molecule has 0 radical (unpaired) electrons. The molecule has 5 rings (SSSR count). The molecule has 2 aromatic rings. The maximum atomic E-state index is 13.2. The molecule has 3 amide bonds. The minimum absolute atomic E-state index is 0.0250. The molecule has 11 nitrogen and oxygen atoms in total. The van der Waals surface area contributed by atoms with Crippen LogP contribution in [0.15, 0.2) is 29.1 Å². The zero-order chi connectivity index (χ0) is 26.9. The summed E-state index contributed by atoms with van der Waals surface area (Å²) in [7, 11) is 2.93. The number of hydrogen-bond acceptors (Lipinski definition) is 7. The van der Waals surface area contributed by atoms with Crippen LogP contribution in [-0.4, -0.2) is 80.6 Å². The molecule has 3 heterocycles. The van der Waals surface area contributed by atoms with Crippen LogP contribution >= 0.6 is 0 Å². The summed E-state index contributed by atoms with van der Waals surface area (Å²) in [4.78, 5) is 58.4. The standard InChI is InChI=1S/C25H30FN5O6/c1-29(2)24(36)25(37)30(9-10-32)18-11-15-5-8-17(18)21-28-19(20(33)23(35)31(21)13-15)22(34)27-12-14-3-6-16(26)7-4-14/h3-4,6-7,15,17-18,32-33H,5,8-13H2,1-2H3,(H,27,34). The van der Waals surface area contributed by atoms with Gasteiger partial charge in [0.1, 0.15) is 11.6 Å². The Bertz CT molecular complexity index is 1260. The molecule has 198 valence electrons. The molecule has 37 heavy (non-hydrogen) atoms. The van der Waals surface area contributed by atoms with E-state index in [9.17, 15) is 33.8 Å². The molecule has 3 atom stereocenters. The topological polar surface area (TPSA) is 145 Å². The first kappa shape index (κ1) is 26.3. The largest absolute Gasteiger partial charge is 0.501 e. The maximum absolute atomic E-state index is 13.2. The lowest BCUT2D eigenvalue weighted by atomic mass is 9.78. The van der Waals surface area contributed by atoms with Crippen LogP contribution in [0.1, 0.15) is 47.1 Å². The van der Waals surface area contributed by atoms with Crippen LogP contribution in [0, 0.1) is 11.7 Å². The van der Waals surface area contributed by atoms with E-state index in [0.717, 1.165) is 6.42 Å². The van der Waals surface area contributed by atoms with E-state index in [1.54, 1.807) is 0 Å². The number of aliphatic hydroxyl groups is 1. The van der Waals surface area contributed by atoms with Crippen molar-refractivity contribution in [2.24, 2.45) is 5.92 Å². The van der Waals surface area contributed by atoms with E-state index in [2.05, 4.69) is 10.3 Å². The van der Waals surface area contributed by atoms with Crippen LogP contribution in [0.4, 0.5) is 4.39 Å². The number of fused-ring (bicyclic) bond motifs is 2. The summed E-state index contributed by atoms with van der Waals surface area (Å²) in [5.74, 6) is -3.71. The second-order valence-electron chi connectivity index (χ2n) is 9.67. The SMILES string of the molecule is CN(C)C(=O)C(=O)N(CCO)C1CC2CCC1c1nc(C(=O)NCc3ccc(F)cc3)c(O)c(=O)n1C2. The van der Waals surface area contributed by atoms with Gasteiger partial charge in [-0.15, -0.1) is 0 Å². The fourth-order valence-corrected chi connectivity index (χ4v) is 5.19. The molecule has 2 bridgehead atoms. The van der Waals surface area contributed by atoms with E-state index in [1.165, 1.54) is 52.7 Å². The third-order valence-corrected chi connectivity index (χ3v) is 7.05. The van der Waals surface area contributed by atoms with Gasteiger partial charge in [0, 0.05) is 45.7 Å². The molecule has 12 heteroatoms. The van der Waals surface area contributed by atoms with Gasteiger partial charge in [0.25, 0.3) is 11.5 Å². The lowest BCUT2D eigenvalue weighted by Crippen LogP contribution is -2.52. The normalized spacial score (nSPS) is 20.1. The summed E-state index contributed by atoms with van der Waals surface area (Å²) >= 11 is 0. The van der Waals surface area contributed by atoms with E-state index >= 15 is 0 Å². The summed E-state index contributed by atoms with van der Waals surface area (Å²) in [5.41, 5.74) is -0.575. The van der Waals surface area contributed by atoms with Gasteiger partial charge in [0.15, 0.2) is 5.69 Å². The molecular formula is C25H30FN5O6. The molecule has 2 aliphatic heterocycles. The van der Waals surface area contributed by atoms with Crippen molar-refractivity contribution < 1.29 is 29.0 Å². The van der Waals surface area contributed by atoms with E-state index in [4.69, 9.17) is 0 Å². The average Bonchev–Trinajstić information content (AvgIpc) is 3.15. The summed E-state index contributed by atoms with van der Waals surface area (Å²) in [6.07, 6.45) is 1.76. The first-order valence-electron chi connectivity index (χ1n) is 12.1. The fraction of sp³-hybridized carbons (Fsp3) is 0.480. The monoisotopic (exact) mass is 515 g/mol. The maximum Gasteiger partial charge on any atom is 0.312 e. The number of halogens is 1. The van der Waals surface area contributed by atoms with E-state index in [1.807, 2.05) is 0 Å². The number of aromatic nitrogens is 2. The molecule has 1 saturated carbocycles. The van der Waals surface area contributed by atoms with E-state index in [0.29, 0.717) is 18.4 Å². The zero-order valence-corrected chi connectivity index (χ0v) is 20.7. The molecule has 1 aromatic carbocycles. The summed E-state index contributed by atoms with van der Waals surface area (Å²) in [6, 6.07) is 4.98. The Balaban J connectivity index is 1.68. The summed E-state index contributed by atoms with van der Waals surface area (Å²) in [5, 5.41) is 22.8. The average molecular weight is 516 g/mol. The number of carbonyl (C=O) groups is 3. The molecule has 0 spiro atoms. The lowest BCUT2D eigenvalue weighted by molar-refractivity contribution is -0.153. The number of amides is 3. The predicted octanol–water partition coefficient (Wildman–Crippen LogP) is 0.193. The van der Waals surface area contributed by atoms with Crippen molar-refractivity contribution in [1.82, 2.24) is 24.7 Å². The van der Waals surface area contributed by atoms with Crippen LogP contribution < -0.4 is 10.9 Å². The van der Waals surface area contributed by atoms with E-state index < -0.39 is 52.5 Å². The Morgan fingerprint density at radius 1 is 1.16 bits per heavy atom. The highest BCUT2D eigenvalue weighted by atomic mass is 19.1. The van der Waals surface area contributed by atoms with Gasteiger partial charge in [-0.1, -0.05) is 12.1 Å². The first-order valence-corrected chi connectivity index (χ1v) is 12.1. The number of nitrogens with one attached hydrogen (secondary N) is 1. The molecule has 3 aliphatic rings. The van der Waals surface area contributed by atoms with Gasteiger partial charge in [0.05, 0.1) is 6.61 Å². The minimum Gasteiger partial charge on any atom is -0.501 e. The Morgan fingerprint density at radius 2 is 1.86 bits per heavy atom. The van der Waals surface area contributed by atoms with Crippen LogP contribution in [0.25, 0.3) is 0 Å². The van der Waals surface area contributed by atoms with Crippen molar-refractivity contribution in [3.63, 3.8) is 0 Å². The highest BCUT2D eigenvalue weighted by Crippen LogP contribution is 2.42. The second-order valence-corrected chi connectivity index (χ2v) is 9.67. The van der Waals surface area contributed by atoms with Crippen LogP contribution in [-0.2, 0) is 22.7 Å². The fourth-order valence-electron chi connectivity index (χ4n) is 5.19. The Labute approximate surface area is 212 Å². The third-order valence-electron chi connectivity index (χ3n) is 7.05. The van der Waals surface area contributed by atoms with Crippen molar-refractivity contribution in [1.29, 1.82) is 0 Å². The van der Waals surface area contributed by atoms with Crippen LogP contribution in [0.5, 0.6) is 5.75 Å². The van der Waals surface area contributed by atoms with Gasteiger partial charge in [0.2, 0.25) is 5.75 Å². The molecule has 1 fully saturated rings. The summed E-state index contributed by atoms with van der Waals surface area (Å²) in [6.45, 7) is -0.146. The summed E-state index contributed by atoms with van der Waals surface area (Å²) < 4.78 is 14.5. The Hall–Kier alpha value is -3.80. The lowest BCUT2D eigenvalue weighted by Gasteiger charge is -2.39. The van der Waals surface area contributed by atoms with Crippen molar-refractivity contribution >= 4 is 17.7 Å². The van der Waals surface area contributed by atoms with Crippen LogP contribution in [0.2, 0.25) is 0 Å². The van der Waals surface area contributed by atoms with Gasteiger partial charge < -0.3 is 25.3 Å². The number of likely N-dealkylation sites (N-methyl/N-ethyl adjacent to an activating group) is 1. The number of aliphatic hydroxyl groups excluding tert-OH is 1. The molecule has 0 saturated heterocycles. The quantitative estimate of drug-likeness (QED) is 0.466. The van der Waals surface area contributed by atoms with E-state index in [-0.39, 0.29) is 38.0 Å². The Morgan fingerprint density at radius 3 is 2.51 bits per heavy atom. The molecular weight excluding hydrogens is 485 g/mol. The minimum atomic E-state index is -0.774. The van der Waals surface area contributed by atoms with Crippen molar-refractivity contribution in [2.45, 2.75) is 44.3 Å². The smallest absolute Gasteiger partial charge is 0.312 e. The van der Waals surface area contributed by atoms with Crippen molar-refractivity contribution in [2.75, 3.05) is 27.2 Å². The molecule has 3 N–H and O–H groups in total. The zero-order valence-electron chi connectivity index (χ0n) is 20.7. The van der Waals surface area contributed by atoms with Crippen LogP contribution in [0.3, 0.4) is 0 Å². The van der Waals surface area contributed by atoms with Gasteiger partial charge in [-0.2, -0.15) is 0 Å². The van der Waals surface area contributed by atoms with Gasteiger partial charge >= 0.3 is 11.8 Å². The number of hydrogen-bond donors (Lipinski definition) is 3. The van der Waals surface area contributed by atoms with Gasteiger partial charge in [-0.05, 0) is 42.9 Å².